The number of nitriles is 1. The summed E-state index contributed by atoms with van der Waals surface area (Å²) >= 11 is 0. The van der Waals surface area contributed by atoms with Gasteiger partial charge in [-0.3, -0.25) is 4.40 Å². The summed E-state index contributed by atoms with van der Waals surface area (Å²) < 4.78 is 1.73. The molecule has 3 aromatic rings. The Kier molecular flexibility index (Phi) is 2.21. The van der Waals surface area contributed by atoms with E-state index in [9.17, 15) is 5.11 Å². The van der Waals surface area contributed by atoms with E-state index in [1.165, 1.54) is 0 Å². The molecule has 0 saturated heterocycles. The van der Waals surface area contributed by atoms with Crippen LogP contribution in [0.25, 0.3) is 17.0 Å². The van der Waals surface area contributed by atoms with Crippen molar-refractivity contribution in [1.29, 1.82) is 5.26 Å². The van der Waals surface area contributed by atoms with Gasteiger partial charge in [-0.2, -0.15) is 5.26 Å². The largest absolute Gasteiger partial charge is 0.507 e. The van der Waals surface area contributed by atoms with E-state index in [0.29, 0.717) is 22.6 Å². The Labute approximate surface area is 103 Å². The summed E-state index contributed by atoms with van der Waals surface area (Å²) in [5.41, 5.74) is 1.71. The summed E-state index contributed by atoms with van der Waals surface area (Å²) in [6.45, 7) is 0. The number of aromatic nitrogens is 3. The zero-order valence-corrected chi connectivity index (χ0v) is 9.28. The standard InChI is InChI=1S/C13H8N4O/c14-8-9-5-6-17-12(7-9)15-16-13(17)10-3-1-2-4-11(10)18/h1-7,18H. The first-order valence-electron chi connectivity index (χ1n) is 5.33. The number of nitrogens with zero attached hydrogens (tertiary/aromatic N) is 4. The van der Waals surface area contributed by atoms with Crippen molar-refractivity contribution in [3.8, 4) is 23.2 Å². The van der Waals surface area contributed by atoms with Crippen molar-refractivity contribution in [3.05, 3.63) is 48.2 Å². The van der Waals surface area contributed by atoms with Gasteiger partial charge in [-0.15, -0.1) is 10.2 Å². The molecule has 0 unspecified atom stereocenters. The van der Waals surface area contributed by atoms with Gasteiger partial charge < -0.3 is 5.11 Å². The number of para-hydroxylation sites is 1. The summed E-state index contributed by atoms with van der Waals surface area (Å²) in [5, 5.41) is 26.7. The summed E-state index contributed by atoms with van der Waals surface area (Å²) in [5.74, 6) is 0.698. The number of hydrogen-bond acceptors (Lipinski definition) is 4. The van der Waals surface area contributed by atoms with E-state index >= 15 is 0 Å². The van der Waals surface area contributed by atoms with Gasteiger partial charge in [0.15, 0.2) is 11.5 Å². The van der Waals surface area contributed by atoms with Gasteiger partial charge in [0.2, 0.25) is 0 Å². The van der Waals surface area contributed by atoms with Crippen LogP contribution in [-0.4, -0.2) is 19.7 Å². The Hall–Kier alpha value is -2.87. The van der Waals surface area contributed by atoms with E-state index in [1.807, 2.05) is 12.1 Å². The number of phenolic OH excluding ortho intramolecular Hbond substituents is 1. The van der Waals surface area contributed by atoms with Crippen molar-refractivity contribution < 1.29 is 5.11 Å². The van der Waals surface area contributed by atoms with E-state index in [2.05, 4.69) is 10.2 Å². The molecular formula is C13H8N4O. The van der Waals surface area contributed by atoms with E-state index in [4.69, 9.17) is 5.26 Å². The summed E-state index contributed by atoms with van der Waals surface area (Å²) in [4.78, 5) is 0. The number of rotatable bonds is 1. The highest BCUT2D eigenvalue weighted by molar-refractivity contribution is 5.66. The second-order valence-corrected chi connectivity index (χ2v) is 3.80. The zero-order chi connectivity index (χ0) is 12.5. The van der Waals surface area contributed by atoms with Crippen LogP contribution >= 0.6 is 0 Å². The van der Waals surface area contributed by atoms with Gasteiger partial charge in [0.05, 0.1) is 17.2 Å². The highest BCUT2D eigenvalue weighted by Crippen LogP contribution is 2.27. The molecule has 1 N–H and O–H groups in total. The van der Waals surface area contributed by atoms with Crippen molar-refractivity contribution in [2.45, 2.75) is 0 Å². The quantitative estimate of drug-likeness (QED) is 0.701. The van der Waals surface area contributed by atoms with Crippen LogP contribution in [-0.2, 0) is 0 Å². The minimum atomic E-state index is 0.149. The summed E-state index contributed by atoms with van der Waals surface area (Å²) in [6, 6.07) is 12.3. The average molecular weight is 236 g/mol. The maximum Gasteiger partial charge on any atom is 0.172 e. The average Bonchev–Trinajstić information content (AvgIpc) is 2.82. The van der Waals surface area contributed by atoms with Crippen molar-refractivity contribution in [2.24, 2.45) is 0 Å². The van der Waals surface area contributed by atoms with E-state index in [1.54, 1.807) is 40.9 Å². The number of fused-ring (bicyclic) bond motifs is 1. The maximum atomic E-state index is 9.81. The molecule has 3 rings (SSSR count). The monoisotopic (exact) mass is 236 g/mol. The molecule has 0 aliphatic carbocycles. The molecule has 0 bridgehead atoms. The van der Waals surface area contributed by atoms with Crippen molar-refractivity contribution in [3.63, 3.8) is 0 Å². The first-order chi connectivity index (χ1) is 8.79. The molecule has 5 heteroatoms. The topological polar surface area (TPSA) is 74.2 Å². The maximum absolute atomic E-state index is 9.81. The number of aromatic hydroxyl groups is 1. The minimum Gasteiger partial charge on any atom is -0.507 e. The van der Waals surface area contributed by atoms with Gasteiger partial charge in [-0.25, -0.2) is 0 Å². The fourth-order valence-corrected chi connectivity index (χ4v) is 1.81. The lowest BCUT2D eigenvalue weighted by atomic mass is 10.2. The van der Waals surface area contributed by atoms with Gasteiger partial charge in [0.1, 0.15) is 5.75 Å². The third-order valence-electron chi connectivity index (χ3n) is 2.68. The van der Waals surface area contributed by atoms with Gasteiger partial charge in [0, 0.05) is 12.3 Å². The second-order valence-electron chi connectivity index (χ2n) is 3.80. The van der Waals surface area contributed by atoms with Gasteiger partial charge >= 0.3 is 0 Å². The van der Waals surface area contributed by atoms with Crippen LogP contribution in [0.4, 0.5) is 0 Å². The Morgan fingerprint density at radius 3 is 2.78 bits per heavy atom. The fraction of sp³-hybridized carbons (Fsp3) is 0. The van der Waals surface area contributed by atoms with E-state index < -0.39 is 0 Å². The molecule has 2 aromatic heterocycles. The Balaban J connectivity index is 2.26. The van der Waals surface area contributed by atoms with Crippen LogP contribution in [0.3, 0.4) is 0 Å². The highest BCUT2D eigenvalue weighted by atomic mass is 16.3. The molecule has 0 radical (unpaired) electrons. The predicted molar refractivity (Wildman–Crippen MR) is 64.8 cm³/mol. The van der Waals surface area contributed by atoms with Crippen LogP contribution in [0.5, 0.6) is 5.75 Å². The van der Waals surface area contributed by atoms with E-state index in [-0.39, 0.29) is 5.75 Å². The molecule has 18 heavy (non-hydrogen) atoms. The SMILES string of the molecule is N#Cc1ccn2c(-c3ccccc3O)nnc2c1. The molecule has 5 nitrogen and oxygen atoms in total. The number of pyridine rings is 1. The number of phenols is 1. The predicted octanol–water partition coefficient (Wildman–Crippen LogP) is 1.97. The van der Waals surface area contributed by atoms with Crippen LogP contribution in [0.2, 0.25) is 0 Å². The van der Waals surface area contributed by atoms with Crippen LogP contribution in [0.1, 0.15) is 5.56 Å². The Morgan fingerprint density at radius 1 is 1.17 bits per heavy atom. The second kappa shape index (κ2) is 3.86. The Morgan fingerprint density at radius 2 is 2.00 bits per heavy atom. The summed E-state index contributed by atoms with van der Waals surface area (Å²) in [7, 11) is 0. The zero-order valence-electron chi connectivity index (χ0n) is 9.28. The molecule has 0 aliphatic heterocycles. The lowest BCUT2D eigenvalue weighted by Gasteiger charge is -2.02. The smallest absolute Gasteiger partial charge is 0.172 e. The first kappa shape index (κ1) is 10.3. The molecule has 0 spiro atoms. The number of hydrogen-bond donors (Lipinski definition) is 1. The Bertz CT molecular complexity index is 770. The van der Waals surface area contributed by atoms with Crippen LogP contribution in [0, 0.1) is 11.3 Å². The molecular weight excluding hydrogens is 228 g/mol. The molecule has 0 aliphatic rings. The summed E-state index contributed by atoms with van der Waals surface area (Å²) in [6.07, 6.45) is 1.72. The molecule has 0 fully saturated rings. The third-order valence-corrected chi connectivity index (χ3v) is 2.68. The van der Waals surface area contributed by atoms with Crippen LogP contribution < -0.4 is 0 Å². The lowest BCUT2D eigenvalue weighted by molar-refractivity contribution is 0.477. The molecule has 1 aromatic carbocycles. The third kappa shape index (κ3) is 1.48. The van der Waals surface area contributed by atoms with Gasteiger partial charge in [0.25, 0.3) is 0 Å². The molecule has 0 saturated carbocycles. The fourth-order valence-electron chi connectivity index (χ4n) is 1.81. The van der Waals surface area contributed by atoms with Gasteiger partial charge in [-0.05, 0) is 18.2 Å². The number of benzene rings is 1. The molecule has 86 valence electrons. The minimum absolute atomic E-state index is 0.149. The lowest BCUT2D eigenvalue weighted by Crippen LogP contribution is -1.90. The van der Waals surface area contributed by atoms with E-state index in [0.717, 1.165) is 0 Å². The normalized spacial score (nSPS) is 10.4. The van der Waals surface area contributed by atoms with Crippen molar-refractivity contribution in [2.75, 3.05) is 0 Å². The van der Waals surface area contributed by atoms with Crippen molar-refractivity contribution in [1.82, 2.24) is 14.6 Å². The molecule has 2 heterocycles. The van der Waals surface area contributed by atoms with Crippen LogP contribution in [0.15, 0.2) is 42.6 Å². The first-order valence-corrected chi connectivity index (χ1v) is 5.33. The van der Waals surface area contributed by atoms with Crippen molar-refractivity contribution >= 4 is 5.65 Å². The highest BCUT2D eigenvalue weighted by Gasteiger charge is 2.11. The molecule has 0 amide bonds. The molecule has 0 atom stereocenters. The van der Waals surface area contributed by atoms with Gasteiger partial charge in [-0.1, -0.05) is 12.1 Å².